The van der Waals surface area contributed by atoms with Gasteiger partial charge in [-0.2, -0.15) is 0 Å². The van der Waals surface area contributed by atoms with Gasteiger partial charge in [0.25, 0.3) is 0 Å². The number of aryl methyl sites for hydroxylation is 2. The molecule has 114 valence electrons. The van der Waals surface area contributed by atoms with Crippen LogP contribution < -0.4 is 5.84 Å². The zero-order chi connectivity index (χ0) is 15.7. The Balaban J connectivity index is 1.80. The van der Waals surface area contributed by atoms with Crippen molar-refractivity contribution < 1.29 is 4.42 Å². The standard InChI is InChI=1S/C14H14BrN5OS/c1-8-9(2)21-12(17-8)7-22-14-19-18-13(20(14)16)10-5-3-4-6-11(10)15/h3-6H,7,16H2,1-2H3. The van der Waals surface area contributed by atoms with Crippen molar-refractivity contribution in [1.82, 2.24) is 19.9 Å². The first-order valence-electron chi connectivity index (χ1n) is 6.57. The molecule has 0 amide bonds. The second kappa shape index (κ2) is 6.13. The molecule has 0 aliphatic heterocycles. The number of hydrogen-bond acceptors (Lipinski definition) is 6. The topological polar surface area (TPSA) is 82.8 Å². The summed E-state index contributed by atoms with van der Waals surface area (Å²) >= 11 is 4.93. The molecule has 2 N–H and O–H groups in total. The Kier molecular flexibility index (Phi) is 4.21. The number of nitrogen functional groups attached to an aromatic ring is 1. The average molecular weight is 380 g/mol. The predicted octanol–water partition coefficient (Wildman–Crippen LogP) is 3.32. The summed E-state index contributed by atoms with van der Waals surface area (Å²) in [6, 6.07) is 7.75. The van der Waals surface area contributed by atoms with E-state index >= 15 is 0 Å². The van der Waals surface area contributed by atoms with Crippen molar-refractivity contribution in [3.05, 3.63) is 46.1 Å². The van der Waals surface area contributed by atoms with Gasteiger partial charge in [0.05, 0.1) is 11.4 Å². The van der Waals surface area contributed by atoms with Crippen LogP contribution in [0.15, 0.2) is 38.3 Å². The summed E-state index contributed by atoms with van der Waals surface area (Å²) in [5.41, 5.74) is 1.80. The van der Waals surface area contributed by atoms with E-state index in [1.54, 1.807) is 0 Å². The van der Waals surface area contributed by atoms with E-state index in [1.165, 1.54) is 16.4 Å². The van der Waals surface area contributed by atoms with Crippen molar-refractivity contribution in [2.75, 3.05) is 5.84 Å². The van der Waals surface area contributed by atoms with Crippen molar-refractivity contribution in [3.63, 3.8) is 0 Å². The molecule has 0 spiro atoms. The van der Waals surface area contributed by atoms with Crippen molar-refractivity contribution in [2.45, 2.75) is 24.8 Å². The molecule has 0 radical (unpaired) electrons. The molecule has 2 heterocycles. The fourth-order valence-electron chi connectivity index (χ4n) is 1.93. The maximum Gasteiger partial charge on any atom is 0.210 e. The fourth-order valence-corrected chi connectivity index (χ4v) is 3.09. The molecule has 0 aliphatic rings. The van der Waals surface area contributed by atoms with Crippen LogP contribution in [0.2, 0.25) is 0 Å². The summed E-state index contributed by atoms with van der Waals surface area (Å²) in [5, 5.41) is 8.92. The molecule has 0 unspecified atom stereocenters. The van der Waals surface area contributed by atoms with Gasteiger partial charge in [0.15, 0.2) is 5.82 Å². The fraction of sp³-hybridized carbons (Fsp3) is 0.214. The molecule has 0 aliphatic carbocycles. The highest BCUT2D eigenvalue weighted by Gasteiger charge is 2.15. The summed E-state index contributed by atoms with van der Waals surface area (Å²) in [6.45, 7) is 3.82. The maximum absolute atomic E-state index is 6.10. The molecular weight excluding hydrogens is 366 g/mol. The second-order valence-electron chi connectivity index (χ2n) is 4.69. The van der Waals surface area contributed by atoms with Crippen LogP contribution in [-0.2, 0) is 5.75 Å². The molecule has 8 heteroatoms. The van der Waals surface area contributed by atoms with Gasteiger partial charge in [0, 0.05) is 10.0 Å². The number of benzene rings is 1. The first kappa shape index (κ1) is 15.1. The van der Waals surface area contributed by atoms with E-state index in [0.717, 1.165) is 21.5 Å². The van der Waals surface area contributed by atoms with Crippen LogP contribution in [0, 0.1) is 13.8 Å². The Morgan fingerprint density at radius 2 is 2.05 bits per heavy atom. The molecule has 3 aromatic rings. The summed E-state index contributed by atoms with van der Waals surface area (Å²) in [5.74, 6) is 8.75. The van der Waals surface area contributed by atoms with E-state index in [1.807, 2.05) is 38.1 Å². The molecule has 6 nitrogen and oxygen atoms in total. The van der Waals surface area contributed by atoms with Crippen molar-refractivity contribution in [3.8, 4) is 11.4 Å². The monoisotopic (exact) mass is 379 g/mol. The van der Waals surface area contributed by atoms with Crippen molar-refractivity contribution in [1.29, 1.82) is 0 Å². The molecule has 0 saturated carbocycles. The highest BCUT2D eigenvalue weighted by atomic mass is 79.9. The number of nitrogens with two attached hydrogens (primary N) is 1. The third-order valence-corrected chi connectivity index (χ3v) is 4.80. The zero-order valence-corrected chi connectivity index (χ0v) is 14.5. The van der Waals surface area contributed by atoms with Crippen molar-refractivity contribution in [2.24, 2.45) is 0 Å². The van der Waals surface area contributed by atoms with Crippen LogP contribution in [0.25, 0.3) is 11.4 Å². The minimum atomic E-state index is 0.556. The molecule has 2 aromatic heterocycles. The summed E-state index contributed by atoms with van der Waals surface area (Å²) in [6.07, 6.45) is 0. The van der Waals surface area contributed by atoms with Crippen LogP contribution in [-0.4, -0.2) is 19.9 Å². The number of oxazole rings is 1. The first-order chi connectivity index (χ1) is 10.6. The Morgan fingerprint density at radius 1 is 1.27 bits per heavy atom. The smallest absolute Gasteiger partial charge is 0.210 e. The quantitative estimate of drug-likeness (QED) is 0.552. The van der Waals surface area contributed by atoms with E-state index < -0.39 is 0 Å². The van der Waals surface area contributed by atoms with Crippen LogP contribution in [0.5, 0.6) is 0 Å². The number of rotatable bonds is 4. The van der Waals surface area contributed by atoms with Gasteiger partial charge in [0.1, 0.15) is 5.76 Å². The lowest BCUT2D eigenvalue weighted by Gasteiger charge is -2.04. The minimum Gasteiger partial charge on any atom is -0.445 e. The van der Waals surface area contributed by atoms with Gasteiger partial charge in [0.2, 0.25) is 11.0 Å². The van der Waals surface area contributed by atoms with Gasteiger partial charge >= 0.3 is 0 Å². The summed E-state index contributed by atoms with van der Waals surface area (Å²) < 4.78 is 7.95. The Labute approximate surface area is 140 Å². The number of thioether (sulfide) groups is 1. The molecule has 1 aromatic carbocycles. The lowest BCUT2D eigenvalue weighted by molar-refractivity contribution is 0.489. The summed E-state index contributed by atoms with van der Waals surface area (Å²) in [4.78, 5) is 4.34. The van der Waals surface area contributed by atoms with Gasteiger partial charge in [-0.1, -0.05) is 39.8 Å². The van der Waals surface area contributed by atoms with Crippen LogP contribution in [0.4, 0.5) is 0 Å². The molecule has 0 saturated heterocycles. The molecule has 0 fully saturated rings. The minimum absolute atomic E-state index is 0.556. The normalized spacial score (nSPS) is 11.0. The molecular formula is C14H14BrN5OS. The Morgan fingerprint density at radius 3 is 2.73 bits per heavy atom. The molecule has 0 atom stereocenters. The molecule has 3 rings (SSSR count). The predicted molar refractivity (Wildman–Crippen MR) is 88.8 cm³/mol. The first-order valence-corrected chi connectivity index (χ1v) is 8.35. The lowest BCUT2D eigenvalue weighted by Crippen LogP contribution is -2.11. The Bertz CT molecular complexity index is 794. The van der Waals surface area contributed by atoms with Crippen LogP contribution in [0.3, 0.4) is 0 Å². The maximum atomic E-state index is 6.10. The number of halogens is 1. The third-order valence-electron chi connectivity index (χ3n) is 3.18. The SMILES string of the molecule is Cc1nc(CSc2nnc(-c3ccccc3Br)n2N)oc1C. The van der Waals surface area contributed by atoms with Gasteiger partial charge in [-0.3, -0.25) is 0 Å². The van der Waals surface area contributed by atoms with E-state index in [-0.39, 0.29) is 0 Å². The number of nitrogens with zero attached hydrogens (tertiary/aromatic N) is 4. The van der Waals surface area contributed by atoms with Crippen LogP contribution in [0.1, 0.15) is 17.3 Å². The number of hydrogen-bond donors (Lipinski definition) is 1. The highest BCUT2D eigenvalue weighted by molar-refractivity contribution is 9.10. The summed E-state index contributed by atoms with van der Waals surface area (Å²) in [7, 11) is 0. The van der Waals surface area contributed by atoms with Gasteiger partial charge in [-0.05, 0) is 26.0 Å². The van der Waals surface area contributed by atoms with E-state index in [0.29, 0.717) is 22.6 Å². The number of aromatic nitrogens is 4. The molecule has 0 bridgehead atoms. The van der Waals surface area contributed by atoms with Gasteiger partial charge in [-0.25, -0.2) is 9.66 Å². The van der Waals surface area contributed by atoms with E-state index in [9.17, 15) is 0 Å². The largest absolute Gasteiger partial charge is 0.445 e. The second-order valence-corrected chi connectivity index (χ2v) is 6.49. The van der Waals surface area contributed by atoms with Crippen molar-refractivity contribution >= 4 is 27.7 Å². The van der Waals surface area contributed by atoms with Gasteiger partial charge in [-0.15, -0.1) is 10.2 Å². The van der Waals surface area contributed by atoms with E-state index in [4.69, 9.17) is 10.3 Å². The molecule has 22 heavy (non-hydrogen) atoms. The van der Waals surface area contributed by atoms with Crippen LogP contribution >= 0.6 is 27.7 Å². The lowest BCUT2D eigenvalue weighted by atomic mass is 10.2. The average Bonchev–Trinajstić information content (AvgIpc) is 3.01. The Hall–Kier alpha value is -1.80. The van der Waals surface area contributed by atoms with Gasteiger partial charge < -0.3 is 10.3 Å². The highest BCUT2D eigenvalue weighted by Crippen LogP contribution is 2.29. The third kappa shape index (κ3) is 2.89. The van der Waals surface area contributed by atoms with E-state index in [2.05, 4.69) is 31.1 Å². The zero-order valence-electron chi connectivity index (χ0n) is 12.1.